The molecule has 0 saturated heterocycles. The van der Waals surface area contributed by atoms with Gasteiger partial charge in [-0.15, -0.1) is 5.10 Å². The van der Waals surface area contributed by atoms with Gasteiger partial charge in [0.2, 0.25) is 0 Å². The van der Waals surface area contributed by atoms with Crippen molar-refractivity contribution in [3.05, 3.63) is 5.82 Å². The molecule has 1 aliphatic carbocycles. The van der Waals surface area contributed by atoms with Gasteiger partial charge in [-0.3, -0.25) is 0 Å². The maximum Gasteiger partial charge on any atom is 0.165 e. The topological polar surface area (TPSA) is 55.6 Å². The Morgan fingerprint density at radius 1 is 1.29 bits per heavy atom. The summed E-state index contributed by atoms with van der Waals surface area (Å²) in [5.41, 5.74) is 0.446. The molecule has 0 bridgehead atoms. The molecule has 5 nitrogen and oxygen atoms in total. The number of nitrogens with one attached hydrogen (secondary N) is 1. The summed E-state index contributed by atoms with van der Waals surface area (Å²) in [6.45, 7) is 10.6. The van der Waals surface area contributed by atoms with Crippen LogP contribution < -0.4 is 5.32 Å². The van der Waals surface area contributed by atoms with Crippen LogP contribution >= 0.6 is 0 Å². The predicted molar refractivity (Wildman–Crippen MR) is 66.3 cm³/mol. The van der Waals surface area contributed by atoms with Crippen molar-refractivity contribution in [1.82, 2.24) is 25.5 Å². The van der Waals surface area contributed by atoms with Crippen molar-refractivity contribution in [3.63, 3.8) is 0 Å². The molecule has 1 aromatic rings. The van der Waals surface area contributed by atoms with E-state index in [1.807, 2.05) is 4.68 Å². The number of hydrogen-bond donors (Lipinski definition) is 1. The molecular weight excluding hydrogens is 214 g/mol. The SMILES string of the molecule is CC(C)NCc1nnnn1CC1(C(C)C)CC1. The normalized spacial score (nSPS) is 18.0. The third-order valence-electron chi connectivity index (χ3n) is 3.86. The molecule has 0 atom stereocenters. The zero-order valence-corrected chi connectivity index (χ0v) is 11.3. The molecule has 1 saturated carbocycles. The summed E-state index contributed by atoms with van der Waals surface area (Å²) in [6.07, 6.45) is 2.61. The molecule has 0 unspecified atom stereocenters. The van der Waals surface area contributed by atoms with Gasteiger partial charge in [0.25, 0.3) is 0 Å². The zero-order valence-electron chi connectivity index (χ0n) is 11.3. The Labute approximate surface area is 103 Å². The molecule has 0 spiro atoms. The second-order valence-electron chi connectivity index (χ2n) is 5.81. The second kappa shape index (κ2) is 4.72. The first-order chi connectivity index (χ1) is 8.03. The average molecular weight is 237 g/mol. The molecule has 0 amide bonds. The van der Waals surface area contributed by atoms with E-state index in [1.165, 1.54) is 12.8 Å². The molecule has 0 aromatic carbocycles. The minimum Gasteiger partial charge on any atom is -0.308 e. The molecule has 0 radical (unpaired) electrons. The first-order valence-corrected chi connectivity index (χ1v) is 6.52. The lowest BCUT2D eigenvalue weighted by Crippen LogP contribution is -2.26. The van der Waals surface area contributed by atoms with E-state index in [9.17, 15) is 0 Å². The summed E-state index contributed by atoms with van der Waals surface area (Å²) in [4.78, 5) is 0. The van der Waals surface area contributed by atoms with Crippen molar-refractivity contribution in [2.75, 3.05) is 0 Å². The minimum atomic E-state index is 0.446. The standard InChI is InChI=1S/C12H23N5/c1-9(2)12(5-6-12)8-17-11(14-15-16-17)7-13-10(3)4/h9-10,13H,5-8H2,1-4H3. The predicted octanol–water partition coefficient (Wildman–Crippen LogP) is 1.61. The van der Waals surface area contributed by atoms with Crippen molar-refractivity contribution in [2.24, 2.45) is 11.3 Å². The van der Waals surface area contributed by atoms with Crippen LogP contribution in [0.2, 0.25) is 0 Å². The maximum absolute atomic E-state index is 4.12. The number of nitrogens with zero attached hydrogens (tertiary/aromatic N) is 4. The average Bonchev–Trinajstić information content (AvgIpc) is 2.90. The van der Waals surface area contributed by atoms with Gasteiger partial charge in [0.1, 0.15) is 0 Å². The Kier molecular flexibility index (Phi) is 3.47. The zero-order chi connectivity index (χ0) is 12.5. The Bertz CT molecular complexity index is 365. The van der Waals surface area contributed by atoms with E-state index >= 15 is 0 Å². The van der Waals surface area contributed by atoms with Crippen LogP contribution in [0.4, 0.5) is 0 Å². The van der Waals surface area contributed by atoms with Crippen LogP contribution in [0.3, 0.4) is 0 Å². The van der Waals surface area contributed by atoms with E-state index in [1.54, 1.807) is 0 Å². The summed E-state index contributed by atoms with van der Waals surface area (Å²) in [7, 11) is 0. The van der Waals surface area contributed by atoms with Crippen molar-refractivity contribution in [2.45, 2.75) is 59.7 Å². The third-order valence-corrected chi connectivity index (χ3v) is 3.86. The fourth-order valence-corrected chi connectivity index (χ4v) is 2.14. The highest BCUT2D eigenvalue weighted by Gasteiger charge is 2.46. The highest BCUT2D eigenvalue weighted by atomic mass is 15.5. The lowest BCUT2D eigenvalue weighted by atomic mass is 9.92. The number of rotatable bonds is 6. The van der Waals surface area contributed by atoms with Crippen molar-refractivity contribution in [3.8, 4) is 0 Å². The van der Waals surface area contributed by atoms with Crippen molar-refractivity contribution >= 4 is 0 Å². The van der Waals surface area contributed by atoms with Gasteiger partial charge < -0.3 is 5.32 Å². The lowest BCUT2D eigenvalue weighted by molar-refractivity contribution is 0.287. The van der Waals surface area contributed by atoms with Crippen LogP contribution in [0.25, 0.3) is 0 Å². The van der Waals surface area contributed by atoms with E-state index in [4.69, 9.17) is 0 Å². The molecule has 17 heavy (non-hydrogen) atoms. The van der Waals surface area contributed by atoms with E-state index in [0.29, 0.717) is 17.4 Å². The quantitative estimate of drug-likeness (QED) is 0.816. The summed E-state index contributed by atoms with van der Waals surface area (Å²) in [5.74, 6) is 1.66. The van der Waals surface area contributed by atoms with Gasteiger partial charge in [0, 0.05) is 6.04 Å². The highest BCUT2D eigenvalue weighted by molar-refractivity contribution is 4.96. The molecule has 2 rings (SSSR count). The highest BCUT2D eigenvalue weighted by Crippen LogP contribution is 2.53. The van der Waals surface area contributed by atoms with Crippen molar-refractivity contribution in [1.29, 1.82) is 0 Å². The summed E-state index contributed by atoms with van der Waals surface area (Å²) < 4.78 is 1.97. The molecule has 5 heteroatoms. The Morgan fingerprint density at radius 2 is 2.00 bits per heavy atom. The molecule has 1 heterocycles. The number of aromatic nitrogens is 4. The largest absolute Gasteiger partial charge is 0.308 e. The van der Waals surface area contributed by atoms with Crippen molar-refractivity contribution < 1.29 is 0 Å². The van der Waals surface area contributed by atoms with Gasteiger partial charge in [0.05, 0.1) is 13.1 Å². The van der Waals surface area contributed by atoms with E-state index < -0.39 is 0 Å². The van der Waals surface area contributed by atoms with Crippen LogP contribution in [0.15, 0.2) is 0 Å². The Hall–Kier alpha value is -0.970. The smallest absolute Gasteiger partial charge is 0.165 e. The van der Waals surface area contributed by atoms with E-state index in [-0.39, 0.29) is 0 Å². The molecule has 1 N–H and O–H groups in total. The summed E-state index contributed by atoms with van der Waals surface area (Å²) in [5, 5.41) is 15.4. The van der Waals surface area contributed by atoms with Crippen LogP contribution in [0.5, 0.6) is 0 Å². The van der Waals surface area contributed by atoms with E-state index in [2.05, 4.69) is 48.5 Å². The first-order valence-electron chi connectivity index (χ1n) is 6.52. The van der Waals surface area contributed by atoms with Crippen LogP contribution in [-0.2, 0) is 13.1 Å². The fraction of sp³-hybridized carbons (Fsp3) is 0.917. The monoisotopic (exact) mass is 237 g/mol. The van der Waals surface area contributed by atoms with Gasteiger partial charge in [-0.25, -0.2) is 4.68 Å². The Morgan fingerprint density at radius 3 is 2.53 bits per heavy atom. The van der Waals surface area contributed by atoms with Crippen LogP contribution in [-0.4, -0.2) is 26.2 Å². The van der Waals surface area contributed by atoms with Crippen LogP contribution in [0, 0.1) is 11.3 Å². The van der Waals surface area contributed by atoms with Crippen LogP contribution in [0.1, 0.15) is 46.4 Å². The summed E-state index contributed by atoms with van der Waals surface area (Å²) >= 11 is 0. The molecule has 1 fully saturated rings. The second-order valence-corrected chi connectivity index (χ2v) is 5.81. The van der Waals surface area contributed by atoms with Gasteiger partial charge in [-0.2, -0.15) is 0 Å². The Balaban J connectivity index is 1.99. The third kappa shape index (κ3) is 2.83. The van der Waals surface area contributed by atoms with Gasteiger partial charge >= 0.3 is 0 Å². The molecule has 96 valence electrons. The number of hydrogen-bond acceptors (Lipinski definition) is 4. The fourth-order valence-electron chi connectivity index (χ4n) is 2.14. The molecule has 0 aliphatic heterocycles. The maximum atomic E-state index is 4.12. The van der Waals surface area contributed by atoms with Gasteiger partial charge in [0.15, 0.2) is 5.82 Å². The molecule has 1 aliphatic rings. The lowest BCUT2D eigenvalue weighted by Gasteiger charge is -2.19. The van der Waals surface area contributed by atoms with Gasteiger partial charge in [-0.1, -0.05) is 27.7 Å². The minimum absolute atomic E-state index is 0.446. The molecule has 1 aromatic heterocycles. The van der Waals surface area contributed by atoms with E-state index in [0.717, 1.165) is 18.9 Å². The number of tetrazole rings is 1. The first kappa shape index (κ1) is 12.5. The van der Waals surface area contributed by atoms with Gasteiger partial charge in [-0.05, 0) is 34.6 Å². The molecular formula is C12H23N5. The summed E-state index contributed by atoms with van der Waals surface area (Å²) in [6, 6.07) is 0.458.